The smallest absolute Gasteiger partial charge is 0.0314 e. The summed E-state index contributed by atoms with van der Waals surface area (Å²) in [4.78, 5) is 0. The van der Waals surface area contributed by atoms with Crippen molar-refractivity contribution in [2.24, 2.45) is 0 Å². The van der Waals surface area contributed by atoms with Crippen LogP contribution in [0.2, 0.25) is 0 Å². The highest BCUT2D eigenvalue weighted by Crippen LogP contribution is 2.24. The van der Waals surface area contributed by atoms with Gasteiger partial charge in [-0.2, -0.15) is 0 Å². The molecule has 0 fully saturated rings. The maximum atomic E-state index is 5.86. The number of anilines is 2. The van der Waals surface area contributed by atoms with Crippen LogP contribution in [0, 0.1) is 0 Å². The first-order valence-corrected chi connectivity index (χ1v) is 18.0. The molecule has 0 unspecified atom stereocenters. The largest absolute Gasteiger partial charge is 0.399 e. The summed E-state index contributed by atoms with van der Waals surface area (Å²) in [7, 11) is 0. The summed E-state index contributed by atoms with van der Waals surface area (Å²) >= 11 is 0. The lowest BCUT2D eigenvalue weighted by Gasteiger charge is -2.15. The molecule has 6 rings (SSSR count). The molecule has 0 saturated heterocycles. The van der Waals surface area contributed by atoms with Gasteiger partial charge < -0.3 is 11.5 Å². The molecule has 0 heterocycles. The van der Waals surface area contributed by atoms with Crippen LogP contribution >= 0.6 is 0 Å². The average Bonchev–Trinajstić information content (AvgIpc) is 3.11. The van der Waals surface area contributed by atoms with Gasteiger partial charge in [-0.1, -0.05) is 136 Å². The first-order valence-electron chi connectivity index (χ1n) is 18.0. The van der Waals surface area contributed by atoms with E-state index >= 15 is 0 Å². The molecule has 0 aliphatic carbocycles. The van der Waals surface area contributed by atoms with Gasteiger partial charge in [0.25, 0.3) is 0 Å². The molecule has 0 aromatic heterocycles. The lowest BCUT2D eigenvalue weighted by Crippen LogP contribution is -2.01. The Morgan fingerprint density at radius 1 is 0.306 bits per heavy atom. The van der Waals surface area contributed by atoms with Crippen molar-refractivity contribution < 1.29 is 0 Å². The quantitative estimate of drug-likeness (QED) is 0.116. The molecule has 4 N–H and O–H groups in total. The number of benzene rings is 6. The third kappa shape index (κ3) is 9.51. The third-order valence-electron chi connectivity index (χ3n) is 9.60. The Morgan fingerprint density at radius 3 is 0.898 bits per heavy atom. The number of hydrogen-bond acceptors (Lipinski definition) is 2. The second-order valence-electron chi connectivity index (χ2n) is 13.7. The Morgan fingerprint density at radius 2 is 0.571 bits per heavy atom. The van der Waals surface area contributed by atoms with Crippen LogP contribution in [-0.2, 0) is 44.9 Å². The van der Waals surface area contributed by atoms with Gasteiger partial charge in [0.1, 0.15) is 0 Å². The molecule has 0 radical (unpaired) electrons. The van der Waals surface area contributed by atoms with E-state index in [1.807, 2.05) is 24.3 Å². The second kappa shape index (κ2) is 16.3. The predicted molar refractivity (Wildman–Crippen MR) is 209 cm³/mol. The van der Waals surface area contributed by atoms with Crippen molar-refractivity contribution >= 4 is 11.4 Å². The summed E-state index contributed by atoms with van der Waals surface area (Å²) in [5.74, 6) is 0. The molecule has 248 valence electrons. The van der Waals surface area contributed by atoms with E-state index in [0.29, 0.717) is 0 Å². The molecule has 0 amide bonds. The van der Waals surface area contributed by atoms with Crippen LogP contribution in [0.15, 0.2) is 133 Å². The monoisotopic (exact) mass is 642 g/mol. The van der Waals surface area contributed by atoms with Crippen LogP contribution in [0.5, 0.6) is 0 Å². The maximum absolute atomic E-state index is 5.86. The van der Waals surface area contributed by atoms with Crippen LogP contribution in [0.4, 0.5) is 11.4 Å². The van der Waals surface area contributed by atoms with Gasteiger partial charge in [0.2, 0.25) is 0 Å². The van der Waals surface area contributed by atoms with Gasteiger partial charge in [0.15, 0.2) is 0 Å². The van der Waals surface area contributed by atoms with Gasteiger partial charge in [-0.25, -0.2) is 0 Å². The molecule has 0 aliphatic heterocycles. The highest BCUT2D eigenvalue weighted by Gasteiger charge is 2.10. The number of nitrogens with two attached hydrogens (primary N) is 2. The molecule has 49 heavy (non-hydrogen) atoms. The van der Waals surface area contributed by atoms with Gasteiger partial charge in [0, 0.05) is 11.4 Å². The number of hydrogen-bond donors (Lipinski definition) is 2. The maximum Gasteiger partial charge on any atom is 0.0314 e. The standard InChI is InChI=1S/C47H50N2/c1-3-5-42-32-40(15-21-44(42)30-38-11-7-34(8-12-38)27-36-17-23-46(48)24-18-36)29-41-16-22-45(43(33-41)6-4-2)31-39-13-9-35(10-14-39)28-37-19-25-47(49)26-20-37/h7-26,32-33H,3-6,27-31,48-49H2,1-2H3. The fourth-order valence-corrected chi connectivity index (χ4v) is 6.90. The molecular formula is C47H50N2. The minimum Gasteiger partial charge on any atom is -0.399 e. The molecular weight excluding hydrogens is 593 g/mol. The fourth-order valence-electron chi connectivity index (χ4n) is 6.90. The molecule has 0 bridgehead atoms. The van der Waals surface area contributed by atoms with Gasteiger partial charge in [-0.15, -0.1) is 0 Å². The van der Waals surface area contributed by atoms with Gasteiger partial charge in [-0.3, -0.25) is 0 Å². The first-order chi connectivity index (χ1) is 23.9. The van der Waals surface area contributed by atoms with Crippen molar-refractivity contribution in [3.63, 3.8) is 0 Å². The molecule has 0 saturated carbocycles. The van der Waals surface area contributed by atoms with Crippen LogP contribution in [0.25, 0.3) is 0 Å². The third-order valence-corrected chi connectivity index (χ3v) is 9.60. The van der Waals surface area contributed by atoms with Crippen molar-refractivity contribution in [1.82, 2.24) is 0 Å². The van der Waals surface area contributed by atoms with Crippen LogP contribution < -0.4 is 11.5 Å². The molecule has 0 aliphatic rings. The van der Waals surface area contributed by atoms with Crippen molar-refractivity contribution in [2.75, 3.05) is 11.5 Å². The number of rotatable bonds is 14. The molecule has 0 spiro atoms. The highest BCUT2D eigenvalue weighted by molar-refractivity contribution is 5.44. The van der Waals surface area contributed by atoms with Crippen LogP contribution in [-0.4, -0.2) is 0 Å². The number of aryl methyl sites for hydroxylation is 2. The topological polar surface area (TPSA) is 52.0 Å². The lowest BCUT2D eigenvalue weighted by atomic mass is 9.90. The summed E-state index contributed by atoms with van der Waals surface area (Å²) in [5.41, 5.74) is 30.0. The summed E-state index contributed by atoms with van der Waals surface area (Å²) in [6.45, 7) is 4.57. The first kappa shape index (κ1) is 33.8. The molecule has 2 nitrogen and oxygen atoms in total. The van der Waals surface area contributed by atoms with Gasteiger partial charge in [-0.05, 0) is 136 Å². The zero-order valence-electron chi connectivity index (χ0n) is 29.2. The van der Waals surface area contributed by atoms with E-state index in [4.69, 9.17) is 11.5 Å². The molecule has 6 aromatic carbocycles. The summed E-state index contributed by atoms with van der Waals surface area (Å²) in [5, 5.41) is 0. The molecule has 2 heteroatoms. The average molecular weight is 643 g/mol. The summed E-state index contributed by atoms with van der Waals surface area (Å²) in [6.07, 6.45) is 9.27. The van der Waals surface area contributed by atoms with Crippen molar-refractivity contribution in [2.45, 2.75) is 71.6 Å². The minimum atomic E-state index is 0.812. The van der Waals surface area contributed by atoms with Gasteiger partial charge in [0.05, 0.1) is 0 Å². The Kier molecular flexibility index (Phi) is 11.3. The number of nitrogen functional groups attached to an aromatic ring is 2. The fraction of sp³-hybridized carbons (Fsp3) is 0.234. The van der Waals surface area contributed by atoms with E-state index < -0.39 is 0 Å². The Bertz CT molecular complexity index is 1790. The zero-order valence-corrected chi connectivity index (χ0v) is 29.2. The summed E-state index contributed by atoms with van der Waals surface area (Å²) in [6, 6.07) is 49.0. The van der Waals surface area contributed by atoms with E-state index in [1.165, 1.54) is 66.8 Å². The Hall–Kier alpha value is -5.08. The Labute approximate surface area is 293 Å². The molecule has 6 aromatic rings. The van der Waals surface area contributed by atoms with Crippen molar-refractivity contribution in [1.29, 1.82) is 0 Å². The zero-order chi connectivity index (χ0) is 34.0. The van der Waals surface area contributed by atoms with Crippen molar-refractivity contribution in [3.8, 4) is 0 Å². The SMILES string of the molecule is CCCc1cc(Cc2ccc(Cc3ccc(Cc4ccc(N)cc4)cc3)c(CCC)c2)ccc1Cc1ccc(Cc2ccc(N)cc2)cc1. The van der Waals surface area contributed by atoms with Crippen LogP contribution in [0.3, 0.4) is 0 Å². The van der Waals surface area contributed by atoms with E-state index in [1.54, 1.807) is 0 Å². The van der Waals surface area contributed by atoms with Crippen molar-refractivity contribution in [3.05, 3.63) is 200 Å². The lowest BCUT2D eigenvalue weighted by molar-refractivity contribution is 0.895. The Balaban J connectivity index is 1.11. The minimum absolute atomic E-state index is 0.812. The second-order valence-corrected chi connectivity index (χ2v) is 13.7. The van der Waals surface area contributed by atoms with Crippen LogP contribution in [0.1, 0.15) is 93.5 Å². The van der Waals surface area contributed by atoms with E-state index in [0.717, 1.165) is 69.2 Å². The normalized spacial score (nSPS) is 11.1. The van der Waals surface area contributed by atoms with E-state index in [-0.39, 0.29) is 0 Å². The van der Waals surface area contributed by atoms with Gasteiger partial charge >= 0.3 is 0 Å². The van der Waals surface area contributed by atoms with E-state index in [9.17, 15) is 0 Å². The molecule has 0 atom stereocenters. The van der Waals surface area contributed by atoms with E-state index in [2.05, 4.69) is 123 Å². The summed E-state index contributed by atoms with van der Waals surface area (Å²) < 4.78 is 0. The predicted octanol–water partition coefficient (Wildman–Crippen LogP) is 10.7. The highest BCUT2D eigenvalue weighted by atomic mass is 14.5.